The van der Waals surface area contributed by atoms with Crippen molar-refractivity contribution in [2.24, 2.45) is 0 Å². The molecule has 2 amide bonds. The molecule has 0 radical (unpaired) electrons. The van der Waals surface area contributed by atoms with E-state index < -0.39 is 5.97 Å². The smallest absolute Gasteiger partial charge is 0.334 e. The molecule has 0 bridgehead atoms. The number of rotatable bonds is 3. The SMILES string of the molecule is COC(=O)C1=C(c2ccccc2)C[C@@H](N2C(=O)c3ccccc3C2=O)C1. The molecule has 0 saturated carbocycles. The fourth-order valence-electron chi connectivity index (χ4n) is 3.77. The molecule has 0 spiro atoms. The molecule has 2 aromatic carbocycles. The summed E-state index contributed by atoms with van der Waals surface area (Å²) in [5, 5.41) is 0. The lowest BCUT2D eigenvalue weighted by Crippen LogP contribution is -2.38. The van der Waals surface area contributed by atoms with Gasteiger partial charge in [0.25, 0.3) is 11.8 Å². The van der Waals surface area contributed by atoms with Crippen molar-refractivity contribution in [1.82, 2.24) is 4.90 Å². The van der Waals surface area contributed by atoms with Gasteiger partial charge in [-0.25, -0.2) is 4.79 Å². The molecular weight excluding hydrogens is 330 g/mol. The molecule has 1 aliphatic heterocycles. The Hall–Kier alpha value is -3.21. The molecule has 1 aliphatic carbocycles. The van der Waals surface area contributed by atoms with Crippen LogP contribution in [0.2, 0.25) is 0 Å². The Balaban J connectivity index is 1.69. The Kier molecular flexibility index (Phi) is 3.92. The van der Waals surface area contributed by atoms with E-state index in [1.165, 1.54) is 12.0 Å². The summed E-state index contributed by atoms with van der Waals surface area (Å²) in [5.74, 6) is -1.01. The van der Waals surface area contributed by atoms with Gasteiger partial charge in [-0.15, -0.1) is 0 Å². The third-order valence-corrected chi connectivity index (χ3v) is 4.99. The van der Waals surface area contributed by atoms with Crippen molar-refractivity contribution in [3.63, 3.8) is 0 Å². The molecule has 0 saturated heterocycles. The van der Waals surface area contributed by atoms with Crippen LogP contribution in [0.3, 0.4) is 0 Å². The van der Waals surface area contributed by atoms with E-state index in [2.05, 4.69) is 0 Å². The first-order valence-electron chi connectivity index (χ1n) is 8.44. The zero-order chi connectivity index (χ0) is 18.3. The average Bonchev–Trinajstić information content (AvgIpc) is 3.22. The molecule has 0 N–H and O–H groups in total. The van der Waals surface area contributed by atoms with Gasteiger partial charge in [0.05, 0.1) is 18.2 Å². The number of ether oxygens (including phenoxy) is 1. The summed E-state index contributed by atoms with van der Waals surface area (Å²) in [4.78, 5) is 39.1. The second kappa shape index (κ2) is 6.26. The van der Waals surface area contributed by atoms with Crippen LogP contribution in [0, 0.1) is 0 Å². The van der Waals surface area contributed by atoms with Gasteiger partial charge in [-0.05, 0) is 29.7 Å². The average molecular weight is 347 g/mol. The van der Waals surface area contributed by atoms with Gasteiger partial charge in [-0.1, -0.05) is 42.5 Å². The number of hydrogen-bond acceptors (Lipinski definition) is 4. The van der Waals surface area contributed by atoms with Crippen molar-refractivity contribution < 1.29 is 19.1 Å². The van der Waals surface area contributed by atoms with Crippen molar-refractivity contribution in [3.05, 3.63) is 76.9 Å². The standard InChI is InChI=1S/C21H17NO4/c1-26-21(25)18-12-14(11-17(18)13-7-3-2-4-8-13)22-19(23)15-9-5-6-10-16(15)20(22)24/h2-10,14H,11-12H2,1H3/t14-/m1/s1. The number of methoxy groups -OCH3 is 1. The van der Waals surface area contributed by atoms with Crippen molar-refractivity contribution >= 4 is 23.4 Å². The molecular formula is C21H17NO4. The Morgan fingerprint density at radius 1 is 0.923 bits per heavy atom. The summed E-state index contributed by atoms with van der Waals surface area (Å²) in [6.07, 6.45) is 0.752. The molecule has 4 rings (SSSR count). The predicted molar refractivity (Wildman–Crippen MR) is 95.3 cm³/mol. The second-order valence-corrected chi connectivity index (χ2v) is 6.40. The lowest BCUT2D eigenvalue weighted by Gasteiger charge is -2.22. The minimum Gasteiger partial charge on any atom is -0.466 e. The molecule has 1 atom stereocenters. The van der Waals surface area contributed by atoms with Gasteiger partial charge < -0.3 is 4.74 Å². The van der Waals surface area contributed by atoms with E-state index in [1.807, 2.05) is 30.3 Å². The van der Waals surface area contributed by atoms with E-state index in [1.54, 1.807) is 24.3 Å². The van der Waals surface area contributed by atoms with Crippen molar-refractivity contribution in [1.29, 1.82) is 0 Å². The molecule has 26 heavy (non-hydrogen) atoms. The number of nitrogens with zero attached hydrogens (tertiary/aromatic N) is 1. The number of benzene rings is 2. The summed E-state index contributed by atoms with van der Waals surface area (Å²) in [6, 6.07) is 16.0. The number of carbonyl (C=O) groups excluding carboxylic acids is 3. The normalized spacial score (nSPS) is 19.1. The van der Waals surface area contributed by atoms with Gasteiger partial charge in [0, 0.05) is 18.0 Å². The largest absolute Gasteiger partial charge is 0.466 e. The third-order valence-electron chi connectivity index (χ3n) is 4.99. The maximum Gasteiger partial charge on any atom is 0.334 e. The maximum atomic E-state index is 12.8. The van der Waals surface area contributed by atoms with Crippen LogP contribution in [0.5, 0.6) is 0 Å². The fourth-order valence-corrected chi connectivity index (χ4v) is 3.77. The molecule has 2 aliphatic rings. The summed E-state index contributed by atoms with van der Waals surface area (Å²) in [7, 11) is 1.34. The monoisotopic (exact) mass is 347 g/mol. The predicted octanol–water partition coefficient (Wildman–Crippen LogP) is 3.07. The minimum absolute atomic E-state index is 0.297. The summed E-state index contributed by atoms with van der Waals surface area (Å²) in [6.45, 7) is 0. The first kappa shape index (κ1) is 16.3. The second-order valence-electron chi connectivity index (χ2n) is 6.40. The number of carbonyl (C=O) groups is 3. The molecule has 0 unspecified atom stereocenters. The summed E-state index contributed by atoms with van der Waals surface area (Å²) < 4.78 is 4.93. The number of imide groups is 1. The number of amides is 2. The molecule has 0 fully saturated rings. The van der Waals surface area contributed by atoms with Crippen LogP contribution in [0.1, 0.15) is 39.1 Å². The summed E-state index contributed by atoms with van der Waals surface area (Å²) >= 11 is 0. The van der Waals surface area contributed by atoms with Crippen molar-refractivity contribution in [3.8, 4) is 0 Å². The molecule has 130 valence electrons. The Morgan fingerprint density at radius 3 is 2.08 bits per heavy atom. The summed E-state index contributed by atoms with van der Waals surface area (Å²) in [5.41, 5.74) is 3.11. The molecule has 5 nitrogen and oxygen atoms in total. The van der Waals surface area contributed by atoms with Crippen molar-refractivity contribution in [2.45, 2.75) is 18.9 Å². The topological polar surface area (TPSA) is 63.7 Å². The molecule has 5 heteroatoms. The number of hydrogen-bond donors (Lipinski definition) is 0. The fraction of sp³-hybridized carbons (Fsp3) is 0.190. The molecule has 0 aromatic heterocycles. The van der Waals surface area contributed by atoms with Gasteiger partial charge in [0.2, 0.25) is 0 Å². The highest BCUT2D eigenvalue weighted by molar-refractivity contribution is 6.21. The highest BCUT2D eigenvalue weighted by atomic mass is 16.5. The van der Waals surface area contributed by atoms with Crippen molar-refractivity contribution in [2.75, 3.05) is 7.11 Å². The van der Waals surface area contributed by atoms with Gasteiger partial charge in [0.1, 0.15) is 0 Å². The van der Waals surface area contributed by atoms with Crippen LogP contribution in [0.25, 0.3) is 5.57 Å². The minimum atomic E-state index is -0.414. The maximum absolute atomic E-state index is 12.8. The molecule has 1 heterocycles. The van der Waals surface area contributed by atoms with Gasteiger partial charge in [-0.2, -0.15) is 0 Å². The highest BCUT2D eigenvalue weighted by Crippen LogP contribution is 2.39. The highest BCUT2D eigenvalue weighted by Gasteiger charge is 2.43. The van der Waals surface area contributed by atoms with E-state index >= 15 is 0 Å². The Morgan fingerprint density at radius 2 is 1.50 bits per heavy atom. The zero-order valence-electron chi connectivity index (χ0n) is 14.3. The first-order chi connectivity index (χ1) is 12.6. The zero-order valence-corrected chi connectivity index (χ0v) is 14.3. The van der Waals surface area contributed by atoms with Crippen LogP contribution >= 0.6 is 0 Å². The van der Waals surface area contributed by atoms with E-state index in [-0.39, 0.29) is 17.9 Å². The van der Waals surface area contributed by atoms with Crippen LogP contribution < -0.4 is 0 Å². The van der Waals surface area contributed by atoms with E-state index in [0.29, 0.717) is 29.5 Å². The van der Waals surface area contributed by atoms with Crippen LogP contribution in [-0.2, 0) is 9.53 Å². The van der Waals surface area contributed by atoms with Gasteiger partial charge in [-0.3, -0.25) is 14.5 Å². The van der Waals surface area contributed by atoms with E-state index in [4.69, 9.17) is 4.74 Å². The Bertz CT molecular complexity index is 910. The van der Waals surface area contributed by atoms with Gasteiger partial charge in [0.15, 0.2) is 0 Å². The lowest BCUT2D eigenvalue weighted by molar-refractivity contribution is -0.136. The van der Waals surface area contributed by atoms with E-state index in [0.717, 1.165) is 11.1 Å². The van der Waals surface area contributed by atoms with Crippen LogP contribution in [0.4, 0.5) is 0 Å². The third kappa shape index (κ3) is 2.44. The number of fused-ring (bicyclic) bond motifs is 1. The first-order valence-corrected chi connectivity index (χ1v) is 8.44. The lowest BCUT2D eigenvalue weighted by atomic mass is 10.0. The molecule has 2 aromatic rings. The Labute approximate surface area is 150 Å². The van der Waals surface area contributed by atoms with E-state index in [9.17, 15) is 14.4 Å². The number of esters is 1. The van der Waals surface area contributed by atoms with Gasteiger partial charge >= 0.3 is 5.97 Å². The van der Waals surface area contributed by atoms with Crippen LogP contribution in [-0.4, -0.2) is 35.8 Å². The quantitative estimate of drug-likeness (QED) is 0.632. The van der Waals surface area contributed by atoms with Crippen LogP contribution in [0.15, 0.2) is 60.2 Å².